The van der Waals surface area contributed by atoms with Crippen LogP contribution in [0.3, 0.4) is 0 Å². The van der Waals surface area contributed by atoms with E-state index in [2.05, 4.69) is 26.1 Å². The van der Waals surface area contributed by atoms with E-state index in [1.54, 1.807) is 36.2 Å². The van der Waals surface area contributed by atoms with Gasteiger partial charge in [-0.05, 0) is 37.0 Å². The van der Waals surface area contributed by atoms with Crippen molar-refractivity contribution in [1.29, 1.82) is 0 Å². The van der Waals surface area contributed by atoms with E-state index in [4.69, 9.17) is 0 Å². The molecular weight excluding hydrogens is 276 g/mol. The standard InChI is InChI=1S/C18H28N2O2/c1-5-6-12-20(4)18(22)16-9-7-8-15(13-16)17(21)19-11-10-14(2)3/h7-9,13-14H,5-6,10-12H2,1-4H3,(H,19,21). The maximum atomic E-state index is 12.3. The van der Waals surface area contributed by atoms with Crippen LogP contribution in [0.15, 0.2) is 24.3 Å². The molecule has 2 amide bonds. The Hall–Kier alpha value is -1.84. The molecule has 0 aliphatic carbocycles. The van der Waals surface area contributed by atoms with Gasteiger partial charge in [-0.15, -0.1) is 0 Å². The number of amides is 2. The van der Waals surface area contributed by atoms with Gasteiger partial charge in [0.2, 0.25) is 0 Å². The monoisotopic (exact) mass is 304 g/mol. The van der Waals surface area contributed by atoms with Crippen molar-refractivity contribution < 1.29 is 9.59 Å². The van der Waals surface area contributed by atoms with Crippen LogP contribution >= 0.6 is 0 Å². The summed E-state index contributed by atoms with van der Waals surface area (Å²) in [6.45, 7) is 7.74. The number of carbonyl (C=O) groups excluding carboxylic acids is 2. The first-order valence-corrected chi connectivity index (χ1v) is 8.09. The molecule has 0 aliphatic heterocycles. The third-order valence-electron chi connectivity index (χ3n) is 3.57. The summed E-state index contributed by atoms with van der Waals surface area (Å²) in [4.78, 5) is 26.1. The predicted octanol–water partition coefficient (Wildman–Crippen LogP) is 3.33. The fourth-order valence-corrected chi connectivity index (χ4v) is 2.09. The zero-order valence-corrected chi connectivity index (χ0v) is 14.2. The fourth-order valence-electron chi connectivity index (χ4n) is 2.09. The Bertz CT molecular complexity index is 498. The summed E-state index contributed by atoms with van der Waals surface area (Å²) < 4.78 is 0. The molecule has 0 aliphatic rings. The third kappa shape index (κ3) is 5.88. The lowest BCUT2D eigenvalue weighted by molar-refractivity contribution is 0.0793. The zero-order valence-electron chi connectivity index (χ0n) is 14.2. The van der Waals surface area contributed by atoms with Gasteiger partial charge in [0.1, 0.15) is 0 Å². The van der Waals surface area contributed by atoms with Crippen molar-refractivity contribution in [3.8, 4) is 0 Å². The normalized spacial score (nSPS) is 10.6. The van der Waals surface area contributed by atoms with Gasteiger partial charge < -0.3 is 10.2 Å². The Morgan fingerprint density at radius 2 is 1.91 bits per heavy atom. The van der Waals surface area contributed by atoms with Crippen LogP contribution in [-0.4, -0.2) is 36.9 Å². The molecule has 1 N–H and O–H groups in total. The summed E-state index contributed by atoms with van der Waals surface area (Å²) >= 11 is 0. The first kappa shape index (κ1) is 18.2. The molecule has 4 nitrogen and oxygen atoms in total. The third-order valence-corrected chi connectivity index (χ3v) is 3.57. The number of unbranched alkanes of at least 4 members (excludes halogenated alkanes) is 1. The lowest BCUT2D eigenvalue weighted by Crippen LogP contribution is -2.29. The maximum Gasteiger partial charge on any atom is 0.253 e. The Balaban J connectivity index is 2.68. The van der Waals surface area contributed by atoms with Crippen molar-refractivity contribution in [2.24, 2.45) is 5.92 Å². The summed E-state index contributed by atoms with van der Waals surface area (Å²) in [5.41, 5.74) is 1.11. The molecule has 22 heavy (non-hydrogen) atoms. The summed E-state index contributed by atoms with van der Waals surface area (Å²) in [5.74, 6) is 0.400. The molecular formula is C18H28N2O2. The summed E-state index contributed by atoms with van der Waals surface area (Å²) in [5, 5.41) is 2.90. The van der Waals surface area contributed by atoms with Crippen LogP contribution in [-0.2, 0) is 0 Å². The van der Waals surface area contributed by atoms with Gasteiger partial charge in [-0.25, -0.2) is 0 Å². The highest BCUT2D eigenvalue weighted by molar-refractivity contribution is 5.99. The topological polar surface area (TPSA) is 49.4 Å². The minimum Gasteiger partial charge on any atom is -0.352 e. The molecule has 0 saturated heterocycles. The zero-order chi connectivity index (χ0) is 16.5. The van der Waals surface area contributed by atoms with Crippen LogP contribution in [0.5, 0.6) is 0 Å². The number of carbonyl (C=O) groups is 2. The van der Waals surface area contributed by atoms with Crippen molar-refractivity contribution in [2.45, 2.75) is 40.0 Å². The molecule has 0 saturated carbocycles. The molecule has 0 unspecified atom stereocenters. The van der Waals surface area contributed by atoms with Crippen LogP contribution < -0.4 is 5.32 Å². The number of hydrogen-bond acceptors (Lipinski definition) is 2. The van der Waals surface area contributed by atoms with Gasteiger partial charge in [-0.2, -0.15) is 0 Å². The molecule has 0 spiro atoms. The van der Waals surface area contributed by atoms with Crippen LogP contribution in [0.4, 0.5) is 0 Å². The molecule has 122 valence electrons. The van der Waals surface area contributed by atoms with Crippen LogP contribution in [0.2, 0.25) is 0 Å². The average molecular weight is 304 g/mol. The quantitative estimate of drug-likeness (QED) is 0.801. The van der Waals surface area contributed by atoms with E-state index in [-0.39, 0.29) is 11.8 Å². The van der Waals surface area contributed by atoms with Gasteiger partial charge in [0.25, 0.3) is 11.8 Å². The van der Waals surface area contributed by atoms with E-state index in [0.29, 0.717) is 23.6 Å². The van der Waals surface area contributed by atoms with Crippen molar-refractivity contribution in [2.75, 3.05) is 20.1 Å². The molecule has 4 heteroatoms. The molecule has 1 aromatic carbocycles. The van der Waals surface area contributed by atoms with E-state index < -0.39 is 0 Å². The van der Waals surface area contributed by atoms with Crippen molar-refractivity contribution in [3.63, 3.8) is 0 Å². The molecule has 0 radical (unpaired) electrons. The number of hydrogen-bond donors (Lipinski definition) is 1. The highest BCUT2D eigenvalue weighted by Gasteiger charge is 2.13. The van der Waals surface area contributed by atoms with E-state index in [9.17, 15) is 9.59 Å². The van der Waals surface area contributed by atoms with Gasteiger partial charge >= 0.3 is 0 Å². The minimum atomic E-state index is -0.119. The van der Waals surface area contributed by atoms with Gasteiger partial charge in [-0.1, -0.05) is 33.3 Å². The average Bonchev–Trinajstić information content (AvgIpc) is 2.51. The molecule has 0 atom stereocenters. The number of benzene rings is 1. The lowest BCUT2D eigenvalue weighted by atomic mass is 10.1. The van der Waals surface area contributed by atoms with E-state index in [1.165, 1.54) is 0 Å². The molecule has 0 aromatic heterocycles. The summed E-state index contributed by atoms with van der Waals surface area (Å²) in [7, 11) is 1.80. The lowest BCUT2D eigenvalue weighted by Gasteiger charge is -2.17. The number of nitrogens with one attached hydrogen (secondary N) is 1. The molecule has 0 fully saturated rings. The Kier molecular flexibility index (Phi) is 7.64. The van der Waals surface area contributed by atoms with Crippen molar-refractivity contribution in [1.82, 2.24) is 10.2 Å². The van der Waals surface area contributed by atoms with E-state index >= 15 is 0 Å². The van der Waals surface area contributed by atoms with Gasteiger partial charge in [0, 0.05) is 31.3 Å². The van der Waals surface area contributed by atoms with E-state index in [0.717, 1.165) is 25.8 Å². The van der Waals surface area contributed by atoms with Crippen LogP contribution in [0.25, 0.3) is 0 Å². The second-order valence-corrected chi connectivity index (χ2v) is 6.10. The van der Waals surface area contributed by atoms with Gasteiger partial charge in [0.15, 0.2) is 0 Å². The second-order valence-electron chi connectivity index (χ2n) is 6.10. The highest BCUT2D eigenvalue weighted by atomic mass is 16.2. The first-order valence-electron chi connectivity index (χ1n) is 8.09. The van der Waals surface area contributed by atoms with E-state index in [1.807, 2.05) is 0 Å². The summed E-state index contributed by atoms with van der Waals surface area (Å²) in [6.07, 6.45) is 2.98. The maximum absolute atomic E-state index is 12.3. The summed E-state index contributed by atoms with van der Waals surface area (Å²) in [6, 6.07) is 6.94. The Morgan fingerprint density at radius 1 is 1.23 bits per heavy atom. The minimum absolute atomic E-state index is 0.0368. The largest absolute Gasteiger partial charge is 0.352 e. The second kappa shape index (κ2) is 9.23. The molecule has 1 rings (SSSR count). The SMILES string of the molecule is CCCCN(C)C(=O)c1cccc(C(=O)NCCC(C)C)c1. The first-order chi connectivity index (χ1) is 10.5. The highest BCUT2D eigenvalue weighted by Crippen LogP contribution is 2.09. The van der Waals surface area contributed by atoms with Gasteiger partial charge in [-0.3, -0.25) is 9.59 Å². The number of nitrogens with zero attached hydrogens (tertiary/aromatic N) is 1. The number of rotatable bonds is 8. The molecule has 0 heterocycles. The predicted molar refractivity (Wildman–Crippen MR) is 90.1 cm³/mol. The smallest absolute Gasteiger partial charge is 0.253 e. The molecule has 0 bridgehead atoms. The Labute approximate surface area is 133 Å². The molecule has 1 aromatic rings. The fraction of sp³-hybridized carbons (Fsp3) is 0.556. The Morgan fingerprint density at radius 3 is 2.55 bits per heavy atom. The van der Waals surface area contributed by atoms with Gasteiger partial charge in [0.05, 0.1) is 0 Å². The van der Waals surface area contributed by atoms with Crippen LogP contribution in [0, 0.1) is 5.92 Å². The van der Waals surface area contributed by atoms with Crippen molar-refractivity contribution in [3.05, 3.63) is 35.4 Å². The van der Waals surface area contributed by atoms with Crippen molar-refractivity contribution >= 4 is 11.8 Å². The van der Waals surface area contributed by atoms with Crippen LogP contribution in [0.1, 0.15) is 60.7 Å².